The molecular weight excluding hydrogens is 388 g/mol. The molecule has 0 bridgehead atoms. The maximum absolute atomic E-state index is 13.8. The molecule has 1 nitrogen and oxygen atoms in total. The number of benzene rings is 1. The Balaban J connectivity index is 3.75. The standard InChI is InChI=1S/C12H6F12O/c13-8(14,9(15,16)10(17,18)12(22,23)24)7(25,11(19,20)21)6-4-2-1-3-5-6/h1-5,25H. The minimum atomic E-state index is -7.64. The number of hydrogen-bond acceptors (Lipinski definition) is 1. The van der Waals surface area contributed by atoms with E-state index >= 15 is 0 Å². The molecule has 0 aliphatic heterocycles. The molecule has 1 unspecified atom stereocenters. The molecule has 0 fully saturated rings. The summed E-state index contributed by atoms with van der Waals surface area (Å²) in [6.45, 7) is 0. The molecule has 0 aliphatic rings. The number of hydrogen-bond donors (Lipinski definition) is 1. The van der Waals surface area contributed by atoms with E-state index in [0.717, 1.165) is 6.07 Å². The van der Waals surface area contributed by atoms with E-state index in [1.54, 1.807) is 0 Å². The topological polar surface area (TPSA) is 20.2 Å². The van der Waals surface area contributed by atoms with Crippen LogP contribution in [0.2, 0.25) is 0 Å². The second-order valence-corrected chi connectivity index (χ2v) is 4.80. The summed E-state index contributed by atoms with van der Waals surface area (Å²) in [5.41, 5.74) is -8.08. The van der Waals surface area contributed by atoms with Crippen molar-refractivity contribution in [1.82, 2.24) is 0 Å². The van der Waals surface area contributed by atoms with Gasteiger partial charge in [-0.15, -0.1) is 0 Å². The van der Waals surface area contributed by atoms with Crippen LogP contribution in [0.3, 0.4) is 0 Å². The Kier molecular flexibility index (Phi) is 4.85. The van der Waals surface area contributed by atoms with Gasteiger partial charge in [0.15, 0.2) is 0 Å². The fourth-order valence-electron chi connectivity index (χ4n) is 1.80. The minimum absolute atomic E-state index is 0.0171. The highest BCUT2D eigenvalue weighted by Crippen LogP contribution is 2.61. The van der Waals surface area contributed by atoms with Crippen LogP contribution in [0.15, 0.2) is 30.3 Å². The first-order valence-electron chi connectivity index (χ1n) is 5.90. The highest BCUT2D eigenvalue weighted by molar-refractivity contribution is 5.30. The van der Waals surface area contributed by atoms with Crippen molar-refractivity contribution in [2.45, 2.75) is 35.7 Å². The van der Waals surface area contributed by atoms with Crippen LogP contribution >= 0.6 is 0 Å². The summed E-state index contributed by atoms with van der Waals surface area (Å²) < 4.78 is 155. The summed E-state index contributed by atoms with van der Waals surface area (Å²) in [7, 11) is 0. The Labute approximate surface area is 130 Å². The SMILES string of the molecule is OC(c1ccccc1)(C(F)(F)F)C(F)(F)C(F)(F)C(F)(F)C(F)(F)F. The van der Waals surface area contributed by atoms with E-state index in [0.29, 0.717) is 12.1 Å². The van der Waals surface area contributed by atoms with Crippen molar-refractivity contribution in [3.8, 4) is 0 Å². The molecule has 1 atom stereocenters. The molecule has 13 heteroatoms. The van der Waals surface area contributed by atoms with Crippen molar-refractivity contribution in [3.05, 3.63) is 35.9 Å². The fourth-order valence-corrected chi connectivity index (χ4v) is 1.80. The molecule has 0 amide bonds. The smallest absolute Gasteiger partial charge is 0.372 e. The average molecular weight is 394 g/mol. The summed E-state index contributed by atoms with van der Waals surface area (Å²) in [6, 6.07) is 2.01. The van der Waals surface area contributed by atoms with Gasteiger partial charge in [0.05, 0.1) is 0 Å². The van der Waals surface area contributed by atoms with Gasteiger partial charge in [0, 0.05) is 0 Å². The molecule has 144 valence electrons. The van der Waals surface area contributed by atoms with Gasteiger partial charge in [0.25, 0.3) is 5.60 Å². The van der Waals surface area contributed by atoms with Crippen LogP contribution in [-0.4, -0.2) is 35.2 Å². The zero-order valence-electron chi connectivity index (χ0n) is 11.4. The Hall–Kier alpha value is -1.66. The number of halogens is 12. The number of aliphatic hydroxyl groups is 1. The zero-order valence-corrected chi connectivity index (χ0v) is 11.4. The van der Waals surface area contributed by atoms with Crippen molar-refractivity contribution < 1.29 is 57.8 Å². The van der Waals surface area contributed by atoms with Crippen molar-refractivity contribution in [3.63, 3.8) is 0 Å². The van der Waals surface area contributed by atoms with E-state index in [9.17, 15) is 57.8 Å². The van der Waals surface area contributed by atoms with Crippen molar-refractivity contribution in [2.24, 2.45) is 0 Å². The molecule has 25 heavy (non-hydrogen) atoms. The Bertz CT molecular complexity index is 603. The lowest BCUT2D eigenvalue weighted by atomic mass is 9.81. The van der Waals surface area contributed by atoms with Crippen molar-refractivity contribution in [2.75, 3.05) is 0 Å². The van der Waals surface area contributed by atoms with Crippen LogP contribution in [0, 0.1) is 0 Å². The third kappa shape index (κ3) is 2.81. The average Bonchev–Trinajstić information content (AvgIpc) is 2.44. The van der Waals surface area contributed by atoms with Crippen molar-refractivity contribution in [1.29, 1.82) is 0 Å². The van der Waals surface area contributed by atoms with Gasteiger partial charge >= 0.3 is 30.1 Å². The molecule has 0 spiro atoms. The number of rotatable bonds is 4. The third-order valence-corrected chi connectivity index (χ3v) is 3.20. The molecule has 1 aromatic rings. The van der Waals surface area contributed by atoms with Crippen LogP contribution in [-0.2, 0) is 5.60 Å². The lowest BCUT2D eigenvalue weighted by Gasteiger charge is -2.43. The van der Waals surface area contributed by atoms with E-state index in [-0.39, 0.29) is 12.1 Å². The van der Waals surface area contributed by atoms with E-state index in [1.165, 1.54) is 0 Å². The molecule has 1 aromatic carbocycles. The van der Waals surface area contributed by atoms with Crippen LogP contribution in [0.4, 0.5) is 52.7 Å². The molecule has 0 saturated heterocycles. The quantitative estimate of drug-likeness (QED) is 0.721. The number of alkyl halides is 12. The first-order chi connectivity index (χ1) is 10.9. The van der Waals surface area contributed by atoms with Gasteiger partial charge in [0.1, 0.15) is 0 Å². The lowest BCUT2D eigenvalue weighted by Crippen LogP contribution is -2.70. The van der Waals surface area contributed by atoms with Gasteiger partial charge in [-0.1, -0.05) is 30.3 Å². The first kappa shape index (κ1) is 21.4. The molecule has 0 heterocycles. The predicted octanol–water partition coefficient (Wildman–Crippen LogP) is 4.90. The first-order valence-corrected chi connectivity index (χ1v) is 5.90. The third-order valence-electron chi connectivity index (χ3n) is 3.20. The van der Waals surface area contributed by atoms with E-state index < -0.39 is 41.3 Å². The van der Waals surface area contributed by atoms with Crippen LogP contribution in [0.25, 0.3) is 0 Å². The highest BCUT2D eigenvalue weighted by Gasteiger charge is 2.89. The molecule has 0 saturated carbocycles. The summed E-state index contributed by atoms with van der Waals surface area (Å²) in [5.74, 6) is -22.5. The van der Waals surface area contributed by atoms with Crippen molar-refractivity contribution >= 4 is 0 Å². The normalized spacial score (nSPS) is 17.3. The minimum Gasteiger partial charge on any atom is -0.372 e. The van der Waals surface area contributed by atoms with E-state index in [2.05, 4.69) is 0 Å². The second kappa shape index (κ2) is 5.68. The second-order valence-electron chi connectivity index (χ2n) is 4.80. The van der Waals surface area contributed by atoms with Gasteiger partial charge < -0.3 is 5.11 Å². The maximum atomic E-state index is 13.8. The summed E-state index contributed by atoms with van der Waals surface area (Å²) >= 11 is 0. The zero-order chi connectivity index (χ0) is 20.1. The van der Waals surface area contributed by atoms with Gasteiger partial charge in [-0.05, 0) is 5.56 Å². The van der Waals surface area contributed by atoms with Gasteiger partial charge in [0.2, 0.25) is 0 Å². The molecule has 0 aromatic heterocycles. The fraction of sp³-hybridized carbons (Fsp3) is 0.500. The summed E-state index contributed by atoms with van der Waals surface area (Å²) in [6.07, 6.45) is -14.0. The predicted molar refractivity (Wildman–Crippen MR) is 57.3 cm³/mol. The lowest BCUT2D eigenvalue weighted by molar-refractivity contribution is -0.445. The van der Waals surface area contributed by atoms with Crippen LogP contribution < -0.4 is 0 Å². The molecular formula is C12H6F12O. The Morgan fingerprint density at radius 1 is 0.520 bits per heavy atom. The van der Waals surface area contributed by atoms with Crippen LogP contribution in [0.5, 0.6) is 0 Å². The van der Waals surface area contributed by atoms with Crippen LogP contribution in [0.1, 0.15) is 5.56 Å². The van der Waals surface area contributed by atoms with Gasteiger partial charge in [-0.25, -0.2) is 0 Å². The molecule has 0 aliphatic carbocycles. The van der Waals surface area contributed by atoms with E-state index in [1.807, 2.05) is 0 Å². The maximum Gasteiger partial charge on any atom is 0.460 e. The van der Waals surface area contributed by atoms with E-state index in [4.69, 9.17) is 0 Å². The van der Waals surface area contributed by atoms with Gasteiger partial charge in [-0.2, -0.15) is 52.7 Å². The summed E-state index contributed by atoms with van der Waals surface area (Å²) in [5, 5.41) is 9.26. The molecule has 1 rings (SSSR count). The Morgan fingerprint density at radius 3 is 1.24 bits per heavy atom. The highest BCUT2D eigenvalue weighted by atomic mass is 19.4. The monoisotopic (exact) mass is 394 g/mol. The Morgan fingerprint density at radius 2 is 0.920 bits per heavy atom. The van der Waals surface area contributed by atoms with Gasteiger partial charge in [-0.3, -0.25) is 0 Å². The molecule has 0 radical (unpaired) electrons. The largest absolute Gasteiger partial charge is 0.460 e. The summed E-state index contributed by atoms with van der Waals surface area (Å²) in [4.78, 5) is 0. The molecule has 1 N–H and O–H groups in total.